The maximum absolute atomic E-state index is 11.0. The van der Waals surface area contributed by atoms with Gasteiger partial charge in [0.15, 0.2) is 5.17 Å². The van der Waals surface area contributed by atoms with E-state index in [1.165, 1.54) is 11.8 Å². The first-order valence-electron chi connectivity index (χ1n) is 6.64. The molecule has 5 nitrogen and oxygen atoms in total. The zero-order valence-corrected chi connectivity index (χ0v) is 12.4. The number of thioether (sulfide) groups is 1. The summed E-state index contributed by atoms with van der Waals surface area (Å²) in [5.74, 6) is 0.594. The minimum absolute atomic E-state index is 0.0468. The predicted octanol–water partition coefficient (Wildman–Crippen LogP) is 2.61. The number of rotatable bonds is 3. The van der Waals surface area contributed by atoms with Crippen LogP contribution in [0.1, 0.15) is 5.56 Å². The maximum Gasteiger partial charge on any atom is 0.236 e. The molecule has 22 heavy (non-hydrogen) atoms. The fraction of sp³-hybridized carbons (Fsp3) is 0.0625. The van der Waals surface area contributed by atoms with Crippen LogP contribution >= 0.6 is 11.8 Å². The molecule has 1 saturated heterocycles. The SMILES string of the molecule is O=C1CSC(=NN=Cc2ccc(-c3cccc(O)c3)cc2)N1. The molecule has 0 unspecified atom stereocenters. The van der Waals surface area contributed by atoms with Gasteiger partial charge >= 0.3 is 0 Å². The Kier molecular flexibility index (Phi) is 4.20. The van der Waals surface area contributed by atoms with Crippen molar-refractivity contribution in [2.24, 2.45) is 10.2 Å². The third kappa shape index (κ3) is 3.53. The Morgan fingerprint density at radius 2 is 1.95 bits per heavy atom. The van der Waals surface area contributed by atoms with Crippen LogP contribution in [0.4, 0.5) is 0 Å². The van der Waals surface area contributed by atoms with Crippen LogP contribution in [-0.4, -0.2) is 28.1 Å². The number of amidine groups is 1. The van der Waals surface area contributed by atoms with Gasteiger partial charge in [0.25, 0.3) is 0 Å². The topological polar surface area (TPSA) is 74.0 Å². The van der Waals surface area contributed by atoms with Gasteiger partial charge < -0.3 is 10.4 Å². The molecule has 0 spiro atoms. The normalized spacial score (nSPS) is 16.4. The number of amides is 1. The third-order valence-electron chi connectivity index (χ3n) is 3.03. The molecule has 0 bridgehead atoms. The number of hydrogen-bond acceptors (Lipinski definition) is 5. The number of hydrogen-bond donors (Lipinski definition) is 2. The first-order valence-corrected chi connectivity index (χ1v) is 7.62. The Balaban J connectivity index is 1.70. The van der Waals surface area contributed by atoms with E-state index in [1.54, 1.807) is 18.3 Å². The predicted molar refractivity (Wildman–Crippen MR) is 89.2 cm³/mol. The van der Waals surface area contributed by atoms with Crippen LogP contribution in [0.5, 0.6) is 5.75 Å². The molecule has 1 aliphatic heterocycles. The fourth-order valence-corrected chi connectivity index (χ4v) is 2.61. The summed E-state index contributed by atoms with van der Waals surface area (Å²) in [5.41, 5.74) is 2.87. The molecule has 110 valence electrons. The molecule has 2 N–H and O–H groups in total. The first-order chi connectivity index (χ1) is 10.7. The Labute approximate surface area is 131 Å². The Morgan fingerprint density at radius 1 is 1.14 bits per heavy atom. The van der Waals surface area contributed by atoms with Crippen molar-refractivity contribution in [2.45, 2.75) is 0 Å². The summed E-state index contributed by atoms with van der Waals surface area (Å²) in [4.78, 5) is 11.0. The lowest BCUT2D eigenvalue weighted by Gasteiger charge is -2.02. The van der Waals surface area contributed by atoms with Crippen molar-refractivity contribution < 1.29 is 9.90 Å². The van der Waals surface area contributed by atoms with Crippen molar-refractivity contribution in [3.63, 3.8) is 0 Å². The average Bonchev–Trinajstić information content (AvgIpc) is 2.93. The van der Waals surface area contributed by atoms with Crippen molar-refractivity contribution in [3.8, 4) is 16.9 Å². The summed E-state index contributed by atoms with van der Waals surface area (Å²) in [6.45, 7) is 0. The van der Waals surface area contributed by atoms with Gasteiger partial charge in [-0.15, -0.1) is 5.10 Å². The van der Waals surface area contributed by atoms with Crippen molar-refractivity contribution in [1.82, 2.24) is 5.32 Å². The van der Waals surface area contributed by atoms with Crippen LogP contribution in [0.15, 0.2) is 58.7 Å². The number of nitrogens with zero attached hydrogens (tertiary/aromatic N) is 2. The summed E-state index contributed by atoms with van der Waals surface area (Å²) in [5, 5.41) is 20.5. The Bertz CT molecular complexity index is 754. The Hall–Kier alpha value is -2.60. The minimum atomic E-state index is -0.0468. The number of benzene rings is 2. The molecule has 0 saturated carbocycles. The van der Waals surface area contributed by atoms with Gasteiger partial charge in [-0.3, -0.25) is 4.79 Å². The van der Waals surface area contributed by atoms with Crippen molar-refractivity contribution in [3.05, 3.63) is 54.1 Å². The number of carbonyl (C=O) groups excluding carboxylic acids is 1. The van der Waals surface area contributed by atoms with Crippen LogP contribution in [0.25, 0.3) is 11.1 Å². The summed E-state index contributed by atoms with van der Waals surface area (Å²) in [7, 11) is 0. The molecule has 3 rings (SSSR count). The van der Waals surface area contributed by atoms with Gasteiger partial charge in [-0.25, -0.2) is 0 Å². The molecule has 0 radical (unpaired) electrons. The monoisotopic (exact) mass is 311 g/mol. The van der Waals surface area contributed by atoms with Crippen LogP contribution in [0, 0.1) is 0 Å². The first kappa shape index (κ1) is 14.3. The van der Waals surface area contributed by atoms with Gasteiger partial charge in [-0.1, -0.05) is 48.2 Å². The second kappa shape index (κ2) is 6.44. The number of phenolic OH excluding ortho intramolecular Hbond substituents is 1. The third-order valence-corrected chi connectivity index (χ3v) is 3.90. The fourth-order valence-electron chi connectivity index (χ4n) is 1.97. The van der Waals surface area contributed by atoms with E-state index in [1.807, 2.05) is 36.4 Å². The lowest BCUT2D eigenvalue weighted by atomic mass is 10.0. The van der Waals surface area contributed by atoms with E-state index in [-0.39, 0.29) is 11.7 Å². The van der Waals surface area contributed by atoms with Crippen LogP contribution in [0.3, 0.4) is 0 Å². The van der Waals surface area contributed by atoms with E-state index in [0.29, 0.717) is 10.9 Å². The number of phenols is 1. The highest BCUT2D eigenvalue weighted by atomic mass is 32.2. The minimum Gasteiger partial charge on any atom is -0.508 e. The largest absolute Gasteiger partial charge is 0.508 e. The summed E-state index contributed by atoms with van der Waals surface area (Å²) in [6, 6.07) is 14.9. The molecule has 0 atom stereocenters. The zero-order chi connectivity index (χ0) is 15.4. The molecule has 2 aromatic carbocycles. The smallest absolute Gasteiger partial charge is 0.236 e. The highest BCUT2D eigenvalue weighted by Gasteiger charge is 2.15. The number of nitrogens with one attached hydrogen (secondary N) is 1. The summed E-state index contributed by atoms with van der Waals surface area (Å²) >= 11 is 1.34. The van der Waals surface area contributed by atoms with Gasteiger partial charge in [-0.05, 0) is 28.8 Å². The van der Waals surface area contributed by atoms with E-state index in [4.69, 9.17) is 0 Å². The summed E-state index contributed by atoms with van der Waals surface area (Å²) in [6.07, 6.45) is 1.63. The standard InChI is InChI=1S/C16H13N3O2S/c20-14-3-1-2-13(8-14)12-6-4-11(5-7-12)9-17-19-16-18-15(21)10-22-16/h1-9,20H,10H2,(H,18,19,21). The maximum atomic E-state index is 11.0. The Morgan fingerprint density at radius 3 is 2.64 bits per heavy atom. The van der Waals surface area contributed by atoms with Crippen LogP contribution in [0.2, 0.25) is 0 Å². The summed E-state index contributed by atoms with van der Waals surface area (Å²) < 4.78 is 0. The average molecular weight is 311 g/mol. The molecular formula is C16H13N3O2S. The van der Waals surface area contributed by atoms with Gasteiger partial charge in [0.1, 0.15) is 5.75 Å². The van der Waals surface area contributed by atoms with Crippen LogP contribution < -0.4 is 5.32 Å². The van der Waals surface area contributed by atoms with Gasteiger partial charge in [0.2, 0.25) is 5.91 Å². The van der Waals surface area contributed by atoms with E-state index in [0.717, 1.165) is 16.7 Å². The lowest BCUT2D eigenvalue weighted by molar-refractivity contribution is -0.116. The highest BCUT2D eigenvalue weighted by Crippen LogP contribution is 2.23. The molecule has 2 aromatic rings. The van der Waals surface area contributed by atoms with Crippen LogP contribution in [-0.2, 0) is 4.79 Å². The van der Waals surface area contributed by atoms with Gasteiger partial charge in [0.05, 0.1) is 12.0 Å². The molecule has 1 aliphatic rings. The molecule has 1 amide bonds. The quantitative estimate of drug-likeness (QED) is 0.676. The molecule has 0 aromatic heterocycles. The van der Waals surface area contributed by atoms with Gasteiger partial charge in [-0.2, -0.15) is 5.10 Å². The molecular weight excluding hydrogens is 298 g/mol. The molecule has 0 aliphatic carbocycles. The second-order valence-corrected chi connectivity index (χ2v) is 5.62. The van der Waals surface area contributed by atoms with E-state index in [9.17, 15) is 9.90 Å². The van der Waals surface area contributed by atoms with E-state index < -0.39 is 0 Å². The van der Waals surface area contributed by atoms with E-state index >= 15 is 0 Å². The number of aromatic hydroxyl groups is 1. The zero-order valence-electron chi connectivity index (χ0n) is 11.6. The van der Waals surface area contributed by atoms with E-state index in [2.05, 4.69) is 15.5 Å². The highest BCUT2D eigenvalue weighted by molar-refractivity contribution is 8.15. The molecule has 1 heterocycles. The van der Waals surface area contributed by atoms with Crippen molar-refractivity contribution in [2.75, 3.05) is 5.75 Å². The van der Waals surface area contributed by atoms with Crippen molar-refractivity contribution >= 4 is 29.1 Å². The second-order valence-electron chi connectivity index (χ2n) is 4.66. The van der Waals surface area contributed by atoms with Gasteiger partial charge in [0, 0.05) is 0 Å². The number of carbonyl (C=O) groups is 1. The van der Waals surface area contributed by atoms with Crippen molar-refractivity contribution in [1.29, 1.82) is 0 Å². The lowest BCUT2D eigenvalue weighted by Crippen LogP contribution is -2.19. The molecule has 1 fully saturated rings. The molecule has 6 heteroatoms.